The van der Waals surface area contributed by atoms with Crippen LogP contribution < -0.4 is 0 Å². The summed E-state index contributed by atoms with van der Waals surface area (Å²) in [5, 5.41) is 15.3. The van der Waals surface area contributed by atoms with Gasteiger partial charge in [0, 0.05) is 17.0 Å². The number of aliphatic hydroxyl groups excluding tert-OH is 1. The van der Waals surface area contributed by atoms with Crippen molar-refractivity contribution < 1.29 is 9.63 Å². The molecule has 2 aliphatic rings. The second-order valence-corrected chi connectivity index (χ2v) is 8.05. The van der Waals surface area contributed by atoms with Gasteiger partial charge in [-0.05, 0) is 63.1 Å². The summed E-state index contributed by atoms with van der Waals surface area (Å²) in [4.78, 5) is 8.39. The van der Waals surface area contributed by atoms with Crippen LogP contribution in [0.2, 0.25) is 0 Å². The highest BCUT2D eigenvalue weighted by Crippen LogP contribution is 2.43. The number of aliphatic hydroxyl groups is 1. The number of aryl methyl sites for hydroxylation is 2. The van der Waals surface area contributed by atoms with Crippen LogP contribution >= 0.6 is 0 Å². The maximum Gasteiger partial charge on any atom is 0.141 e. The number of H-pyrrole nitrogens is 1. The van der Waals surface area contributed by atoms with Crippen LogP contribution in [-0.2, 0) is 0 Å². The minimum atomic E-state index is -0.462. The average molecular weight is 382 g/mol. The first-order valence-electron chi connectivity index (χ1n) is 10.8. The molecule has 5 rings (SSSR count). The van der Waals surface area contributed by atoms with Gasteiger partial charge in [0.05, 0.1) is 22.8 Å². The molecule has 2 heterocycles. The summed E-state index contributed by atoms with van der Waals surface area (Å²) >= 11 is 0. The number of imidazole rings is 1. The van der Waals surface area contributed by atoms with Gasteiger partial charge in [0.1, 0.15) is 11.6 Å². The molecule has 0 unspecified atom stereocenters. The molecule has 0 spiro atoms. The van der Waals surface area contributed by atoms with Gasteiger partial charge in [-0.15, -0.1) is 0 Å². The number of benzene rings is 1. The van der Waals surface area contributed by atoms with Crippen molar-refractivity contribution in [3.8, 4) is 11.1 Å². The summed E-state index contributed by atoms with van der Waals surface area (Å²) in [5.74, 6) is 2.77. The quantitative estimate of drug-likeness (QED) is 0.584. The number of aromatic nitrogens is 3. The first kappa shape index (κ1) is 19.2. The second kappa shape index (κ2) is 7.70. The molecule has 5 nitrogen and oxygen atoms in total. The molecule has 2 saturated carbocycles. The van der Waals surface area contributed by atoms with E-state index in [9.17, 15) is 5.11 Å². The third-order valence-corrected chi connectivity index (χ3v) is 6.09. The third-order valence-electron chi connectivity index (χ3n) is 6.09. The predicted octanol–water partition coefficient (Wildman–Crippen LogP) is 5.96. The number of nitrogens with zero attached hydrogens (tertiary/aromatic N) is 2. The minimum Gasteiger partial charge on any atom is -0.388 e. The minimum absolute atomic E-state index is 0.333. The van der Waals surface area contributed by atoms with Crippen LogP contribution in [0, 0.1) is 19.8 Å². The van der Waals surface area contributed by atoms with Crippen molar-refractivity contribution in [2.45, 2.75) is 78.2 Å². The Labute approximate surface area is 166 Å². The van der Waals surface area contributed by atoms with Crippen molar-refractivity contribution in [3.63, 3.8) is 0 Å². The van der Waals surface area contributed by atoms with Gasteiger partial charge in [0.2, 0.25) is 0 Å². The Hall–Kier alpha value is -2.14. The highest BCUT2D eigenvalue weighted by Gasteiger charge is 2.31. The van der Waals surface area contributed by atoms with Crippen LogP contribution in [0.25, 0.3) is 22.2 Å². The fourth-order valence-electron chi connectivity index (χ4n) is 4.51. The highest BCUT2D eigenvalue weighted by atomic mass is 16.5. The lowest BCUT2D eigenvalue weighted by atomic mass is 9.91. The monoisotopic (exact) mass is 381 g/mol. The van der Waals surface area contributed by atoms with Crippen LogP contribution in [-0.4, -0.2) is 20.2 Å². The van der Waals surface area contributed by atoms with Gasteiger partial charge in [0.15, 0.2) is 0 Å². The molecule has 0 saturated heterocycles. The van der Waals surface area contributed by atoms with Crippen molar-refractivity contribution in [1.82, 2.24) is 15.1 Å². The van der Waals surface area contributed by atoms with E-state index in [2.05, 4.69) is 22.3 Å². The number of fused-ring (bicyclic) bond motifs is 1. The predicted molar refractivity (Wildman–Crippen MR) is 111 cm³/mol. The average Bonchev–Trinajstić information content (AvgIpc) is 3.10. The van der Waals surface area contributed by atoms with Crippen LogP contribution in [0.3, 0.4) is 0 Å². The number of nitrogens with one attached hydrogen (secondary N) is 1. The van der Waals surface area contributed by atoms with Gasteiger partial charge >= 0.3 is 0 Å². The molecule has 3 aromatic rings. The molecule has 28 heavy (non-hydrogen) atoms. The molecule has 150 valence electrons. The molecule has 0 aliphatic heterocycles. The first-order chi connectivity index (χ1) is 13.6. The fourth-order valence-corrected chi connectivity index (χ4v) is 4.51. The topological polar surface area (TPSA) is 74.9 Å². The zero-order valence-corrected chi connectivity index (χ0v) is 17.4. The van der Waals surface area contributed by atoms with E-state index in [4.69, 9.17) is 9.51 Å². The third kappa shape index (κ3) is 3.37. The summed E-state index contributed by atoms with van der Waals surface area (Å²) in [6.45, 7) is 7.90. The molecule has 2 N–H and O–H groups in total. The van der Waals surface area contributed by atoms with E-state index in [1.807, 2.05) is 27.7 Å². The van der Waals surface area contributed by atoms with Crippen LogP contribution in [0.5, 0.6) is 0 Å². The van der Waals surface area contributed by atoms with E-state index >= 15 is 0 Å². The normalized spacial score (nSPS) is 18.3. The standard InChI is InChI=1S/C21H25N3O2.C2H6/c1-11-18(12(2)26-24-11)15-9-16(20(25)13-5-3-4-6-13)19-17(10-15)22-21(23-19)14-7-8-14;1-2/h9-10,13-14,20,25H,3-8H2,1-2H3,(H,22,23);1-2H3/t20-;/m1./s1. The van der Waals surface area contributed by atoms with E-state index in [0.717, 1.165) is 57.8 Å². The smallest absolute Gasteiger partial charge is 0.141 e. The van der Waals surface area contributed by atoms with E-state index in [0.29, 0.717) is 11.8 Å². The summed E-state index contributed by atoms with van der Waals surface area (Å²) in [6.07, 6.45) is 6.56. The fraction of sp³-hybridized carbons (Fsp3) is 0.565. The molecule has 1 aromatic carbocycles. The van der Waals surface area contributed by atoms with Crippen LogP contribution in [0.15, 0.2) is 16.7 Å². The van der Waals surface area contributed by atoms with Gasteiger partial charge in [-0.3, -0.25) is 0 Å². The molecule has 5 heteroatoms. The molecule has 1 atom stereocenters. The Morgan fingerprint density at radius 2 is 1.82 bits per heavy atom. The van der Waals surface area contributed by atoms with Gasteiger partial charge < -0.3 is 14.6 Å². The van der Waals surface area contributed by atoms with Gasteiger partial charge in [-0.2, -0.15) is 0 Å². The van der Waals surface area contributed by atoms with Crippen molar-refractivity contribution in [1.29, 1.82) is 0 Å². The lowest BCUT2D eigenvalue weighted by molar-refractivity contribution is 0.113. The maximum absolute atomic E-state index is 11.1. The second-order valence-electron chi connectivity index (χ2n) is 8.05. The molecule has 0 bridgehead atoms. The Morgan fingerprint density at radius 1 is 1.11 bits per heavy atom. The zero-order valence-electron chi connectivity index (χ0n) is 17.4. The lowest BCUT2D eigenvalue weighted by Crippen LogP contribution is -2.10. The number of rotatable bonds is 4. The number of hydrogen-bond donors (Lipinski definition) is 2. The van der Waals surface area contributed by atoms with E-state index in [1.165, 1.54) is 25.7 Å². The number of aromatic amines is 1. The Balaban J connectivity index is 0.000000932. The summed E-state index contributed by atoms with van der Waals surface area (Å²) in [7, 11) is 0. The van der Waals surface area contributed by atoms with Crippen molar-refractivity contribution in [2.24, 2.45) is 5.92 Å². The lowest BCUT2D eigenvalue weighted by Gasteiger charge is -2.19. The van der Waals surface area contributed by atoms with E-state index < -0.39 is 6.10 Å². The Morgan fingerprint density at radius 3 is 2.43 bits per heavy atom. The van der Waals surface area contributed by atoms with E-state index in [1.54, 1.807) is 0 Å². The molecular formula is C23H31N3O2. The molecule has 0 amide bonds. The van der Waals surface area contributed by atoms with Gasteiger partial charge in [-0.25, -0.2) is 4.98 Å². The van der Waals surface area contributed by atoms with Crippen molar-refractivity contribution >= 4 is 11.0 Å². The SMILES string of the molecule is CC.Cc1noc(C)c1-c1cc([C@H](O)C2CCCC2)c2nc(C3CC3)[nH]c2c1. The maximum atomic E-state index is 11.1. The van der Waals surface area contributed by atoms with Crippen LogP contribution in [0.4, 0.5) is 0 Å². The Bertz CT molecular complexity index is 942. The molecule has 2 fully saturated rings. The summed E-state index contributed by atoms with van der Waals surface area (Å²) in [5.41, 5.74) is 5.84. The Kier molecular flexibility index (Phi) is 5.28. The van der Waals surface area contributed by atoms with Gasteiger partial charge in [0.25, 0.3) is 0 Å². The molecule has 0 radical (unpaired) electrons. The molecule has 2 aromatic heterocycles. The molecular weight excluding hydrogens is 350 g/mol. The van der Waals surface area contributed by atoms with Gasteiger partial charge in [-0.1, -0.05) is 31.8 Å². The highest BCUT2D eigenvalue weighted by molar-refractivity contribution is 5.86. The zero-order chi connectivity index (χ0) is 19.8. The first-order valence-corrected chi connectivity index (χ1v) is 10.8. The number of hydrogen-bond acceptors (Lipinski definition) is 4. The van der Waals surface area contributed by atoms with E-state index in [-0.39, 0.29) is 0 Å². The summed E-state index contributed by atoms with van der Waals surface area (Å²) in [6, 6.07) is 4.24. The van der Waals surface area contributed by atoms with Crippen molar-refractivity contribution in [3.05, 3.63) is 35.0 Å². The van der Waals surface area contributed by atoms with Crippen LogP contribution in [0.1, 0.15) is 87.2 Å². The molecule has 2 aliphatic carbocycles. The largest absolute Gasteiger partial charge is 0.388 e. The summed E-state index contributed by atoms with van der Waals surface area (Å²) < 4.78 is 5.38. The van der Waals surface area contributed by atoms with Crippen molar-refractivity contribution in [2.75, 3.05) is 0 Å².